The fraction of sp³-hybridized carbons (Fsp3) is 0.545. The average Bonchev–Trinajstić information content (AvgIpc) is 2.97. The Hall–Kier alpha value is -1.83. The lowest BCUT2D eigenvalue weighted by molar-refractivity contribution is -0.133. The van der Waals surface area contributed by atoms with E-state index in [1.807, 2.05) is 17.9 Å². The van der Waals surface area contributed by atoms with E-state index >= 15 is 0 Å². The van der Waals surface area contributed by atoms with Gasteiger partial charge in [-0.3, -0.25) is 9.48 Å². The van der Waals surface area contributed by atoms with Gasteiger partial charge in [0.1, 0.15) is 12.1 Å². The summed E-state index contributed by atoms with van der Waals surface area (Å²) in [7, 11) is 0. The summed E-state index contributed by atoms with van der Waals surface area (Å²) in [5.74, 6) is 0.0880. The van der Waals surface area contributed by atoms with Gasteiger partial charge in [-0.25, -0.2) is 0 Å². The molecule has 1 aromatic rings. The van der Waals surface area contributed by atoms with Crippen LogP contribution in [0.15, 0.2) is 12.4 Å². The molecule has 1 aromatic heterocycles. The molecular weight excluding hydrogens is 204 g/mol. The van der Waals surface area contributed by atoms with Crippen molar-refractivity contribution in [1.82, 2.24) is 14.7 Å². The number of amides is 1. The van der Waals surface area contributed by atoms with E-state index < -0.39 is 0 Å². The molecule has 1 aliphatic rings. The Labute approximate surface area is 94.3 Å². The van der Waals surface area contributed by atoms with Gasteiger partial charge >= 0.3 is 0 Å². The largest absolute Gasteiger partial charge is 0.341 e. The number of hydrogen-bond acceptors (Lipinski definition) is 3. The smallest absolute Gasteiger partial charge is 0.247 e. The van der Waals surface area contributed by atoms with Crippen LogP contribution in [-0.2, 0) is 4.79 Å². The minimum atomic E-state index is -0.319. The number of rotatable bonds is 2. The first-order valence-electron chi connectivity index (χ1n) is 5.45. The zero-order valence-electron chi connectivity index (χ0n) is 9.26. The molecule has 16 heavy (non-hydrogen) atoms. The predicted octanol–water partition coefficient (Wildman–Crippen LogP) is 0.938. The fourth-order valence-corrected chi connectivity index (χ4v) is 1.92. The van der Waals surface area contributed by atoms with Crippen LogP contribution >= 0.6 is 0 Å². The van der Waals surface area contributed by atoms with E-state index in [2.05, 4.69) is 5.10 Å². The minimum Gasteiger partial charge on any atom is -0.341 e. The van der Waals surface area contributed by atoms with Gasteiger partial charge in [-0.1, -0.05) is 0 Å². The number of nitrogens with zero attached hydrogens (tertiary/aromatic N) is 4. The van der Waals surface area contributed by atoms with E-state index in [9.17, 15) is 4.79 Å². The van der Waals surface area contributed by atoms with E-state index in [4.69, 9.17) is 5.26 Å². The Kier molecular flexibility index (Phi) is 2.91. The minimum absolute atomic E-state index is 0.0880. The van der Waals surface area contributed by atoms with Crippen LogP contribution in [0.3, 0.4) is 0 Å². The summed E-state index contributed by atoms with van der Waals surface area (Å²) in [4.78, 5) is 13.9. The molecule has 2 heterocycles. The van der Waals surface area contributed by atoms with Crippen molar-refractivity contribution in [2.24, 2.45) is 0 Å². The van der Waals surface area contributed by atoms with Crippen molar-refractivity contribution in [3.63, 3.8) is 0 Å². The lowest BCUT2D eigenvalue weighted by atomic mass is 10.3. The molecule has 0 aliphatic carbocycles. The average molecular weight is 218 g/mol. The van der Waals surface area contributed by atoms with E-state index in [0.717, 1.165) is 25.9 Å². The topological polar surface area (TPSA) is 61.9 Å². The van der Waals surface area contributed by atoms with E-state index in [1.54, 1.807) is 10.9 Å². The molecule has 1 saturated heterocycles. The number of carbonyl (C=O) groups is 1. The normalized spacial score (nSPS) is 17.1. The maximum absolute atomic E-state index is 12.0. The molecule has 0 bridgehead atoms. The van der Waals surface area contributed by atoms with Crippen LogP contribution in [0, 0.1) is 11.3 Å². The molecule has 84 valence electrons. The van der Waals surface area contributed by atoms with Gasteiger partial charge in [0, 0.05) is 19.3 Å². The molecule has 1 atom stereocenters. The third kappa shape index (κ3) is 1.91. The van der Waals surface area contributed by atoms with Crippen molar-refractivity contribution >= 4 is 5.91 Å². The summed E-state index contributed by atoms with van der Waals surface area (Å²) in [5.41, 5.74) is 0.487. The van der Waals surface area contributed by atoms with Crippen LogP contribution in [0.5, 0.6) is 0 Å². The molecule has 1 amide bonds. The van der Waals surface area contributed by atoms with Crippen molar-refractivity contribution in [3.8, 4) is 6.07 Å². The molecule has 1 aliphatic heterocycles. The Morgan fingerprint density at radius 1 is 1.56 bits per heavy atom. The van der Waals surface area contributed by atoms with E-state index in [-0.39, 0.29) is 11.9 Å². The lowest BCUT2D eigenvalue weighted by Gasteiger charge is -2.20. The highest BCUT2D eigenvalue weighted by atomic mass is 16.2. The molecule has 2 rings (SSSR count). The zero-order chi connectivity index (χ0) is 11.5. The van der Waals surface area contributed by atoms with Gasteiger partial charge in [0.15, 0.2) is 0 Å². The van der Waals surface area contributed by atoms with E-state index in [0.29, 0.717) is 5.56 Å². The highest BCUT2D eigenvalue weighted by molar-refractivity contribution is 5.80. The molecule has 1 fully saturated rings. The fourth-order valence-electron chi connectivity index (χ4n) is 1.92. The Morgan fingerprint density at radius 2 is 2.25 bits per heavy atom. The van der Waals surface area contributed by atoms with Gasteiger partial charge in [0.25, 0.3) is 0 Å². The van der Waals surface area contributed by atoms with Gasteiger partial charge in [0.2, 0.25) is 5.91 Å². The van der Waals surface area contributed by atoms with Crippen LogP contribution in [0.4, 0.5) is 0 Å². The van der Waals surface area contributed by atoms with Crippen LogP contribution in [0.1, 0.15) is 31.4 Å². The van der Waals surface area contributed by atoms with Crippen molar-refractivity contribution in [1.29, 1.82) is 5.26 Å². The first-order chi connectivity index (χ1) is 7.72. The molecule has 0 radical (unpaired) electrons. The molecule has 0 spiro atoms. The van der Waals surface area contributed by atoms with Gasteiger partial charge in [-0.2, -0.15) is 10.4 Å². The highest BCUT2D eigenvalue weighted by Gasteiger charge is 2.24. The molecular formula is C11H14N4O. The monoisotopic (exact) mass is 218 g/mol. The summed E-state index contributed by atoms with van der Waals surface area (Å²) >= 11 is 0. The third-order valence-electron chi connectivity index (χ3n) is 2.90. The summed E-state index contributed by atoms with van der Waals surface area (Å²) in [6.45, 7) is 3.50. The second-order valence-corrected chi connectivity index (χ2v) is 4.03. The number of likely N-dealkylation sites (tertiary alicyclic amines) is 1. The van der Waals surface area contributed by atoms with Crippen LogP contribution in [0.25, 0.3) is 0 Å². The SMILES string of the molecule is C[C@@H](C(=O)N1CCCC1)n1cc(C#N)cn1. The maximum atomic E-state index is 12.0. The van der Waals surface area contributed by atoms with Crippen molar-refractivity contribution in [2.45, 2.75) is 25.8 Å². The molecule has 0 aromatic carbocycles. The van der Waals surface area contributed by atoms with Crippen LogP contribution in [-0.4, -0.2) is 33.7 Å². The van der Waals surface area contributed by atoms with Crippen molar-refractivity contribution in [3.05, 3.63) is 18.0 Å². The Bertz CT molecular complexity index is 425. The summed E-state index contributed by atoms with van der Waals surface area (Å²) in [5, 5.41) is 12.7. The lowest BCUT2D eigenvalue weighted by Crippen LogP contribution is -2.34. The quantitative estimate of drug-likeness (QED) is 0.742. The van der Waals surface area contributed by atoms with Crippen molar-refractivity contribution < 1.29 is 4.79 Å². The zero-order valence-corrected chi connectivity index (χ0v) is 9.26. The van der Waals surface area contributed by atoms with Gasteiger partial charge in [0.05, 0.1) is 11.8 Å². The second kappa shape index (κ2) is 4.35. The molecule has 5 heteroatoms. The summed E-state index contributed by atoms with van der Waals surface area (Å²) in [6.07, 6.45) is 5.26. The summed E-state index contributed by atoms with van der Waals surface area (Å²) in [6, 6.07) is 1.68. The first-order valence-corrected chi connectivity index (χ1v) is 5.45. The maximum Gasteiger partial charge on any atom is 0.247 e. The Morgan fingerprint density at radius 3 is 2.81 bits per heavy atom. The van der Waals surface area contributed by atoms with Gasteiger partial charge in [-0.15, -0.1) is 0 Å². The van der Waals surface area contributed by atoms with Gasteiger partial charge in [-0.05, 0) is 19.8 Å². The van der Waals surface area contributed by atoms with Crippen LogP contribution in [0.2, 0.25) is 0 Å². The number of carbonyl (C=O) groups excluding carboxylic acids is 1. The number of nitriles is 1. The molecule has 5 nitrogen and oxygen atoms in total. The first kappa shape index (κ1) is 10.7. The van der Waals surface area contributed by atoms with E-state index in [1.165, 1.54) is 6.20 Å². The molecule has 0 saturated carbocycles. The Balaban J connectivity index is 2.09. The van der Waals surface area contributed by atoms with Crippen molar-refractivity contribution in [2.75, 3.05) is 13.1 Å². The summed E-state index contributed by atoms with van der Waals surface area (Å²) < 4.78 is 1.55. The molecule has 0 N–H and O–H groups in total. The second-order valence-electron chi connectivity index (χ2n) is 4.03. The predicted molar refractivity (Wildman–Crippen MR) is 57.5 cm³/mol. The number of aromatic nitrogens is 2. The number of hydrogen-bond donors (Lipinski definition) is 0. The van der Waals surface area contributed by atoms with Crippen LogP contribution < -0.4 is 0 Å². The highest BCUT2D eigenvalue weighted by Crippen LogP contribution is 2.15. The molecule has 0 unspecified atom stereocenters. The third-order valence-corrected chi connectivity index (χ3v) is 2.90. The van der Waals surface area contributed by atoms with Gasteiger partial charge < -0.3 is 4.90 Å². The standard InChI is InChI=1S/C11H14N4O/c1-9(11(16)14-4-2-3-5-14)15-8-10(6-12)7-13-15/h7-9H,2-5H2,1H3/t9-/m0/s1.